The number of anilines is 1. The second kappa shape index (κ2) is 8.78. The molecule has 6 nitrogen and oxygen atoms in total. The molecule has 2 aromatic rings. The van der Waals surface area contributed by atoms with Crippen molar-refractivity contribution in [1.29, 1.82) is 0 Å². The zero-order valence-corrected chi connectivity index (χ0v) is 18.1. The van der Waals surface area contributed by atoms with Crippen LogP contribution in [0.3, 0.4) is 0 Å². The number of amides is 1. The number of carbonyl (C=O) groups excluding carboxylic acids is 1. The van der Waals surface area contributed by atoms with Crippen molar-refractivity contribution >= 4 is 21.6 Å². The Hall–Kier alpha value is -2.38. The molecular formula is C23H28N2O4S. The summed E-state index contributed by atoms with van der Waals surface area (Å²) >= 11 is 0. The van der Waals surface area contributed by atoms with E-state index in [0.717, 1.165) is 49.1 Å². The smallest absolute Gasteiger partial charge is 0.243 e. The molecule has 0 bridgehead atoms. The number of hydrogen-bond donors (Lipinski definition) is 0. The van der Waals surface area contributed by atoms with E-state index in [4.69, 9.17) is 4.74 Å². The first-order valence-corrected chi connectivity index (χ1v) is 12.0. The van der Waals surface area contributed by atoms with E-state index in [0.29, 0.717) is 19.5 Å². The standard InChI is InChI=1S/C23H28N2O4S/c1-29-20-12-8-18(9-13-20)22-6-3-2-4-17-25(22)30(27,28)21-14-10-19(11-15-21)24-16-5-7-23(24)26/h8-15,22H,2-7,16-17H2,1H3/t22-/m1/s1. The first-order chi connectivity index (χ1) is 14.5. The van der Waals surface area contributed by atoms with Crippen LogP contribution in [0, 0.1) is 0 Å². The first-order valence-electron chi connectivity index (χ1n) is 10.6. The van der Waals surface area contributed by atoms with Gasteiger partial charge in [0.1, 0.15) is 5.75 Å². The van der Waals surface area contributed by atoms with Crippen LogP contribution in [0.15, 0.2) is 53.4 Å². The zero-order valence-electron chi connectivity index (χ0n) is 17.3. The first kappa shape index (κ1) is 20.9. The van der Waals surface area contributed by atoms with Gasteiger partial charge >= 0.3 is 0 Å². The van der Waals surface area contributed by atoms with Gasteiger partial charge in [0.2, 0.25) is 15.9 Å². The van der Waals surface area contributed by atoms with Crippen molar-refractivity contribution in [2.45, 2.75) is 49.5 Å². The number of sulfonamides is 1. The van der Waals surface area contributed by atoms with E-state index in [2.05, 4.69) is 0 Å². The highest BCUT2D eigenvalue weighted by atomic mass is 32.2. The molecule has 2 aliphatic rings. The Bertz CT molecular complexity index is 987. The third kappa shape index (κ3) is 4.09. The van der Waals surface area contributed by atoms with Gasteiger partial charge < -0.3 is 9.64 Å². The van der Waals surface area contributed by atoms with Crippen molar-refractivity contribution < 1.29 is 17.9 Å². The number of methoxy groups -OCH3 is 1. The lowest BCUT2D eigenvalue weighted by Crippen LogP contribution is -2.35. The van der Waals surface area contributed by atoms with Gasteiger partial charge in [0, 0.05) is 25.2 Å². The van der Waals surface area contributed by atoms with E-state index in [1.807, 2.05) is 24.3 Å². The monoisotopic (exact) mass is 428 g/mol. The summed E-state index contributed by atoms with van der Waals surface area (Å²) in [6.07, 6.45) is 5.07. The average Bonchev–Trinajstić information content (AvgIpc) is 3.04. The van der Waals surface area contributed by atoms with Gasteiger partial charge in [-0.2, -0.15) is 4.31 Å². The molecule has 0 aromatic heterocycles. The molecule has 2 aliphatic heterocycles. The molecule has 1 atom stereocenters. The van der Waals surface area contributed by atoms with Gasteiger partial charge in [0.05, 0.1) is 18.0 Å². The molecule has 2 fully saturated rings. The van der Waals surface area contributed by atoms with Crippen molar-refractivity contribution in [3.05, 3.63) is 54.1 Å². The topological polar surface area (TPSA) is 66.9 Å². The predicted molar refractivity (Wildman–Crippen MR) is 116 cm³/mol. The van der Waals surface area contributed by atoms with Gasteiger partial charge in [-0.05, 0) is 61.2 Å². The summed E-state index contributed by atoms with van der Waals surface area (Å²) in [5.41, 5.74) is 1.75. The lowest BCUT2D eigenvalue weighted by molar-refractivity contribution is -0.117. The lowest BCUT2D eigenvalue weighted by Gasteiger charge is -2.30. The Balaban J connectivity index is 1.63. The minimum Gasteiger partial charge on any atom is -0.497 e. The van der Waals surface area contributed by atoms with Crippen LogP contribution in [0.5, 0.6) is 5.75 Å². The molecule has 2 aromatic carbocycles. The maximum Gasteiger partial charge on any atom is 0.243 e. The number of ether oxygens (including phenoxy) is 1. The fourth-order valence-corrected chi connectivity index (χ4v) is 6.07. The summed E-state index contributed by atoms with van der Waals surface area (Å²) in [5, 5.41) is 0. The average molecular weight is 429 g/mol. The third-order valence-corrected chi connectivity index (χ3v) is 7.96. The van der Waals surface area contributed by atoms with E-state index >= 15 is 0 Å². The van der Waals surface area contributed by atoms with Crippen LogP contribution >= 0.6 is 0 Å². The van der Waals surface area contributed by atoms with Crippen LogP contribution in [0.1, 0.15) is 50.1 Å². The molecule has 7 heteroatoms. The van der Waals surface area contributed by atoms with Crippen molar-refractivity contribution in [3.63, 3.8) is 0 Å². The van der Waals surface area contributed by atoms with Crippen LogP contribution in [0.25, 0.3) is 0 Å². The molecular weight excluding hydrogens is 400 g/mol. The van der Waals surface area contributed by atoms with Crippen molar-refractivity contribution in [2.75, 3.05) is 25.1 Å². The Labute approximate surface area is 178 Å². The molecule has 0 radical (unpaired) electrons. The highest BCUT2D eigenvalue weighted by Crippen LogP contribution is 2.36. The Morgan fingerprint density at radius 3 is 2.27 bits per heavy atom. The molecule has 0 unspecified atom stereocenters. The van der Waals surface area contributed by atoms with Crippen LogP contribution in [-0.4, -0.2) is 38.8 Å². The third-order valence-electron chi connectivity index (χ3n) is 6.03. The highest BCUT2D eigenvalue weighted by Gasteiger charge is 2.33. The highest BCUT2D eigenvalue weighted by molar-refractivity contribution is 7.89. The maximum absolute atomic E-state index is 13.6. The molecule has 0 spiro atoms. The lowest BCUT2D eigenvalue weighted by atomic mass is 10.0. The van der Waals surface area contributed by atoms with Crippen LogP contribution in [-0.2, 0) is 14.8 Å². The molecule has 30 heavy (non-hydrogen) atoms. The fraction of sp³-hybridized carbons (Fsp3) is 0.435. The summed E-state index contributed by atoms with van der Waals surface area (Å²) in [5.74, 6) is 0.853. The normalized spacial score (nSPS) is 20.9. The molecule has 0 aliphatic carbocycles. The predicted octanol–water partition coefficient (Wildman–Crippen LogP) is 4.13. The summed E-state index contributed by atoms with van der Waals surface area (Å²) in [6.45, 7) is 1.20. The van der Waals surface area contributed by atoms with Gasteiger partial charge in [-0.3, -0.25) is 4.79 Å². The molecule has 2 saturated heterocycles. The molecule has 160 valence electrons. The van der Waals surface area contributed by atoms with Crippen molar-refractivity contribution in [1.82, 2.24) is 4.31 Å². The Morgan fingerprint density at radius 1 is 0.900 bits per heavy atom. The quantitative estimate of drug-likeness (QED) is 0.718. The zero-order chi connectivity index (χ0) is 21.1. The van der Waals surface area contributed by atoms with Crippen molar-refractivity contribution in [2.24, 2.45) is 0 Å². The minimum absolute atomic E-state index is 0.0951. The van der Waals surface area contributed by atoms with E-state index < -0.39 is 10.0 Å². The summed E-state index contributed by atoms with van der Waals surface area (Å²) in [6, 6.07) is 14.2. The van der Waals surface area contributed by atoms with Gasteiger partial charge in [0.15, 0.2) is 0 Å². The SMILES string of the molecule is COc1ccc([C@H]2CCCCCN2S(=O)(=O)c2ccc(N3CCCC3=O)cc2)cc1. The molecule has 4 rings (SSSR count). The second-order valence-electron chi connectivity index (χ2n) is 7.90. The molecule has 1 amide bonds. The van der Waals surface area contributed by atoms with Gasteiger partial charge in [-0.1, -0.05) is 25.0 Å². The number of benzene rings is 2. The summed E-state index contributed by atoms with van der Waals surface area (Å²) in [7, 11) is -2.03. The Kier molecular flexibility index (Phi) is 6.11. The van der Waals surface area contributed by atoms with Crippen molar-refractivity contribution in [3.8, 4) is 5.75 Å². The number of carbonyl (C=O) groups is 1. The maximum atomic E-state index is 13.6. The van der Waals surface area contributed by atoms with E-state index in [9.17, 15) is 13.2 Å². The summed E-state index contributed by atoms with van der Waals surface area (Å²) < 4.78 is 34.0. The van der Waals surface area contributed by atoms with Gasteiger partial charge in [-0.25, -0.2) is 8.42 Å². The fourth-order valence-electron chi connectivity index (χ4n) is 4.38. The van der Waals surface area contributed by atoms with Gasteiger partial charge in [-0.15, -0.1) is 0 Å². The molecule has 2 heterocycles. The summed E-state index contributed by atoms with van der Waals surface area (Å²) in [4.78, 5) is 14.0. The molecule has 0 saturated carbocycles. The van der Waals surface area contributed by atoms with Gasteiger partial charge in [0.25, 0.3) is 0 Å². The second-order valence-corrected chi connectivity index (χ2v) is 9.79. The largest absolute Gasteiger partial charge is 0.497 e. The molecule has 0 N–H and O–H groups in total. The number of hydrogen-bond acceptors (Lipinski definition) is 4. The minimum atomic E-state index is -3.65. The number of nitrogens with zero attached hydrogens (tertiary/aromatic N) is 2. The van der Waals surface area contributed by atoms with E-state index in [1.54, 1.807) is 40.6 Å². The van der Waals surface area contributed by atoms with E-state index in [-0.39, 0.29) is 16.8 Å². The Morgan fingerprint density at radius 2 is 1.63 bits per heavy atom. The van der Waals surface area contributed by atoms with E-state index in [1.165, 1.54) is 0 Å². The number of rotatable bonds is 5. The van der Waals surface area contributed by atoms with Crippen LogP contribution in [0.2, 0.25) is 0 Å². The van der Waals surface area contributed by atoms with Crippen LogP contribution < -0.4 is 9.64 Å². The van der Waals surface area contributed by atoms with Crippen LogP contribution in [0.4, 0.5) is 5.69 Å².